The van der Waals surface area contributed by atoms with Gasteiger partial charge in [-0.3, -0.25) is 10.1 Å². The van der Waals surface area contributed by atoms with E-state index in [1.54, 1.807) is 0 Å². The van der Waals surface area contributed by atoms with E-state index in [4.69, 9.17) is 0 Å². The number of thioether (sulfide) groups is 1. The van der Waals surface area contributed by atoms with E-state index in [1.807, 2.05) is 11.8 Å². The van der Waals surface area contributed by atoms with Crippen LogP contribution in [0, 0.1) is 5.92 Å². The Bertz CT molecular complexity index is 273. The molecule has 0 radical (unpaired) electrons. The van der Waals surface area contributed by atoms with Crippen molar-refractivity contribution in [3.8, 4) is 0 Å². The summed E-state index contributed by atoms with van der Waals surface area (Å²) in [6, 6.07) is 0.0320. The first kappa shape index (κ1) is 15.8. The number of hydrogen-bond donors (Lipinski definition) is 1. The molecular weight excluding hydrogens is 244 g/mol. The molecule has 1 aliphatic heterocycles. The lowest BCUT2D eigenvalue weighted by Crippen LogP contribution is -2.38. The van der Waals surface area contributed by atoms with E-state index in [1.165, 1.54) is 0 Å². The van der Waals surface area contributed by atoms with Gasteiger partial charge in [0.05, 0.1) is 12.2 Å². The summed E-state index contributed by atoms with van der Waals surface area (Å²) in [5, 5.41) is 4.13. The molecule has 1 heterocycles. The molecule has 1 aliphatic rings. The highest BCUT2D eigenvalue weighted by Gasteiger charge is 2.39. The van der Waals surface area contributed by atoms with E-state index in [0.717, 1.165) is 25.8 Å². The van der Waals surface area contributed by atoms with Gasteiger partial charge < -0.3 is 4.90 Å². The van der Waals surface area contributed by atoms with Crippen LogP contribution in [0.5, 0.6) is 0 Å². The molecule has 0 aliphatic carbocycles. The maximum atomic E-state index is 12.4. The minimum absolute atomic E-state index is 0.0320. The SMILES string of the molecule is CCC(C)C1NC(CC)N(CCC(C)SC)C1=O. The lowest BCUT2D eigenvalue weighted by Gasteiger charge is -2.24. The van der Waals surface area contributed by atoms with Gasteiger partial charge >= 0.3 is 0 Å². The predicted molar refractivity (Wildman–Crippen MR) is 79.8 cm³/mol. The van der Waals surface area contributed by atoms with Gasteiger partial charge in [0, 0.05) is 11.8 Å². The van der Waals surface area contributed by atoms with Crippen molar-refractivity contribution in [3.63, 3.8) is 0 Å². The summed E-state index contributed by atoms with van der Waals surface area (Å²) < 4.78 is 0. The number of hydrogen-bond acceptors (Lipinski definition) is 3. The van der Waals surface area contributed by atoms with Gasteiger partial charge in [-0.1, -0.05) is 34.1 Å². The van der Waals surface area contributed by atoms with Crippen molar-refractivity contribution in [1.82, 2.24) is 10.2 Å². The first-order valence-electron chi connectivity index (χ1n) is 7.14. The summed E-state index contributed by atoms with van der Waals surface area (Å²) in [5.41, 5.74) is 0. The summed E-state index contributed by atoms with van der Waals surface area (Å²) in [5.74, 6) is 0.735. The van der Waals surface area contributed by atoms with E-state index >= 15 is 0 Å². The van der Waals surface area contributed by atoms with Crippen LogP contribution in [0.15, 0.2) is 0 Å². The van der Waals surface area contributed by atoms with Crippen LogP contribution >= 0.6 is 11.8 Å². The average molecular weight is 272 g/mol. The molecule has 0 aromatic heterocycles. The van der Waals surface area contributed by atoms with E-state index in [-0.39, 0.29) is 12.2 Å². The summed E-state index contributed by atoms with van der Waals surface area (Å²) in [6.07, 6.45) is 5.50. The lowest BCUT2D eigenvalue weighted by molar-refractivity contribution is -0.130. The van der Waals surface area contributed by atoms with Crippen molar-refractivity contribution >= 4 is 17.7 Å². The van der Waals surface area contributed by atoms with Gasteiger partial charge in [0.1, 0.15) is 0 Å². The van der Waals surface area contributed by atoms with Crippen LogP contribution < -0.4 is 5.32 Å². The third kappa shape index (κ3) is 3.64. The van der Waals surface area contributed by atoms with E-state index in [9.17, 15) is 4.79 Å². The quantitative estimate of drug-likeness (QED) is 0.773. The lowest BCUT2D eigenvalue weighted by atomic mass is 9.99. The van der Waals surface area contributed by atoms with Crippen molar-refractivity contribution in [1.29, 1.82) is 0 Å². The van der Waals surface area contributed by atoms with Gasteiger partial charge in [-0.05, 0) is 25.0 Å². The molecule has 0 spiro atoms. The van der Waals surface area contributed by atoms with Gasteiger partial charge in [-0.2, -0.15) is 11.8 Å². The molecule has 4 heteroatoms. The number of carbonyl (C=O) groups is 1. The smallest absolute Gasteiger partial charge is 0.241 e. The Morgan fingerprint density at radius 2 is 2.06 bits per heavy atom. The fourth-order valence-corrected chi connectivity index (χ4v) is 2.73. The zero-order valence-corrected chi connectivity index (χ0v) is 13.2. The van der Waals surface area contributed by atoms with Crippen molar-refractivity contribution in [3.05, 3.63) is 0 Å². The zero-order chi connectivity index (χ0) is 13.7. The third-order valence-corrected chi connectivity index (χ3v) is 5.12. The molecule has 1 N–H and O–H groups in total. The number of nitrogens with one attached hydrogen (secondary N) is 1. The Kier molecular flexibility index (Phi) is 6.50. The Morgan fingerprint density at radius 3 is 2.56 bits per heavy atom. The Labute approximate surface area is 116 Å². The van der Waals surface area contributed by atoms with Crippen LogP contribution in [-0.2, 0) is 4.79 Å². The molecule has 4 unspecified atom stereocenters. The van der Waals surface area contributed by atoms with E-state index in [0.29, 0.717) is 17.1 Å². The fraction of sp³-hybridized carbons (Fsp3) is 0.929. The molecule has 106 valence electrons. The van der Waals surface area contributed by atoms with E-state index < -0.39 is 0 Å². The highest BCUT2D eigenvalue weighted by molar-refractivity contribution is 7.99. The van der Waals surface area contributed by atoms with Gasteiger partial charge in [0.25, 0.3) is 0 Å². The van der Waals surface area contributed by atoms with Gasteiger partial charge in [0.15, 0.2) is 0 Å². The predicted octanol–water partition coefficient (Wildman–Crippen LogP) is 2.71. The standard InChI is InChI=1S/C14H28N2OS/c1-6-10(3)13-14(17)16(12(7-2)15-13)9-8-11(4)18-5/h10-13,15H,6-9H2,1-5H3. The summed E-state index contributed by atoms with van der Waals surface area (Å²) in [6.45, 7) is 9.58. The summed E-state index contributed by atoms with van der Waals surface area (Å²) in [4.78, 5) is 14.5. The van der Waals surface area contributed by atoms with Crippen molar-refractivity contribution in [2.24, 2.45) is 5.92 Å². The van der Waals surface area contributed by atoms with Gasteiger partial charge in [0.2, 0.25) is 5.91 Å². The molecule has 4 atom stereocenters. The normalized spacial score (nSPS) is 27.6. The molecule has 0 bridgehead atoms. The average Bonchev–Trinajstić information content (AvgIpc) is 2.71. The second-order valence-electron chi connectivity index (χ2n) is 5.32. The molecule has 0 aromatic carbocycles. The maximum absolute atomic E-state index is 12.4. The summed E-state index contributed by atoms with van der Waals surface area (Å²) >= 11 is 1.87. The number of carbonyl (C=O) groups excluding carboxylic acids is 1. The monoisotopic (exact) mass is 272 g/mol. The maximum Gasteiger partial charge on any atom is 0.241 e. The van der Waals surface area contributed by atoms with Crippen molar-refractivity contribution in [2.45, 2.75) is 64.4 Å². The number of nitrogens with zero attached hydrogens (tertiary/aromatic N) is 1. The Balaban J connectivity index is 2.62. The Morgan fingerprint density at radius 1 is 1.39 bits per heavy atom. The van der Waals surface area contributed by atoms with Gasteiger partial charge in [-0.25, -0.2) is 0 Å². The van der Waals surface area contributed by atoms with Crippen LogP contribution in [0.3, 0.4) is 0 Å². The van der Waals surface area contributed by atoms with Crippen LogP contribution in [0.1, 0.15) is 47.0 Å². The van der Waals surface area contributed by atoms with Crippen molar-refractivity contribution < 1.29 is 4.79 Å². The van der Waals surface area contributed by atoms with Crippen molar-refractivity contribution in [2.75, 3.05) is 12.8 Å². The highest BCUT2D eigenvalue weighted by Crippen LogP contribution is 2.22. The third-order valence-electron chi connectivity index (χ3n) is 4.08. The van der Waals surface area contributed by atoms with Crippen LogP contribution in [0.2, 0.25) is 0 Å². The fourth-order valence-electron chi connectivity index (χ4n) is 2.39. The highest BCUT2D eigenvalue weighted by atomic mass is 32.2. The van der Waals surface area contributed by atoms with Crippen LogP contribution in [0.25, 0.3) is 0 Å². The first-order chi connectivity index (χ1) is 8.54. The largest absolute Gasteiger partial charge is 0.326 e. The minimum atomic E-state index is 0.0320. The number of rotatable bonds is 7. The minimum Gasteiger partial charge on any atom is -0.326 e. The molecular formula is C14H28N2OS. The van der Waals surface area contributed by atoms with Crippen LogP contribution in [-0.4, -0.2) is 41.1 Å². The second kappa shape index (κ2) is 7.39. The molecule has 1 fully saturated rings. The molecule has 1 amide bonds. The molecule has 18 heavy (non-hydrogen) atoms. The zero-order valence-electron chi connectivity index (χ0n) is 12.4. The Hall–Kier alpha value is -0.220. The van der Waals surface area contributed by atoms with Gasteiger partial charge in [-0.15, -0.1) is 0 Å². The second-order valence-corrected chi connectivity index (χ2v) is 6.60. The molecule has 0 aromatic rings. The topological polar surface area (TPSA) is 32.3 Å². The summed E-state index contributed by atoms with van der Waals surface area (Å²) in [7, 11) is 0. The molecule has 1 saturated heterocycles. The molecule has 3 nitrogen and oxygen atoms in total. The van der Waals surface area contributed by atoms with E-state index in [2.05, 4.69) is 44.2 Å². The molecule has 0 saturated carbocycles. The first-order valence-corrected chi connectivity index (χ1v) is 8.43. The number of amides is 1. The molecule has 1 rings (SSSR count). The van der Waals surface area contributed by atoms with Crippen LogP contribution in [0.4, 0.5) is 0 Å².